The minimum atomic E-state index is -0.705. The molecule has 2 rings (SSSR count). The van der Waals surface area contributed by atoms with Crippen molar-refractivity contribution in [1.82, 2.24) is 15.5 Å². The van der Waals surface area contributed by atoms with E-state index in [1.54, 1.807) is 12.1 Å². The molecule has 2 aromatic rings. The molecule has 2 amide bonds. The van der Waals surface area contributed by atoms with Gasteiger partial charge >= 0.3 is 6.03 Å². The highest BCUT2D eigenvalue weighted by Gasteiger charge is 2.09. The highest BCUT2D eigenvalue weighted by molar-refractivity contribution is 7.07. The van der Waals surface area contributed by atoms with Gasteiger partial charge in [0.2, 0.25) is 0 Å². The molecule has 2 heterocycles. The van der Waals surface area contributed by atoms with Crippen LogP contribution in [0.25, 0.3) is 0 Å². The maximum Gasteiger partial charge on any atom is 0.320 e. The standard InChI is InChI=1S/C11H12N4O2S/c16-9(8-3-5-18-7-8)6-12-11(17)14-10-2-1-4-13-15-10/h1-5,7,9,16H,6H2,(H2,12,14,15,17). The van der Waals surface area contributed by atoms with Gasteiger partial charge < -0.3 is 10.4 Å². The SMILES string of the molecule is O=C(NCC(O)c1ccsc1)Nc1cccnn1. The third kappa shape index (κ3) is 3.51. The molecule has 1 atom stereocenters. The third-order valence-electron chi connectivity index (χ3n) is 2.20. The van der Waals surface area contributed by atoms with Crippen LogP contribution in [0.15, 0.2) is 35.2 Å². The summed E-state index contributed by atoms with van der Waals surface area (Å²) in [6.45, 7) is 0.142. The lowest BCUT2D eigenvalue weighted by molar-refractivity contribution is 0.175. The predicted molar refractivity (Wildman–Crippen MR) is 68.3 cm³/mol. The maximum absolute atomic E-state index is 11.5. The molecule has 94 valence electrons. The fraction of sp³-hybridized carbons (Fsp3) is 0.182. The number of thiophene rings is 1. The van der Waals surface area contributed by atoms with Crippen LogP contribution in [0.4, 0.5) is 10.6 Å². The number of nitrogens with zero attached hydrogens (tertiary/aromatic N) is 2. The van der Waals surface area contributed by atoms with E-state index in [0.29, 0.717) is 5.82 Å². The number of aliphatic hydroxyl groups excluding tert-OH is 1. The Bertz CT molecular complexity index is 489. The van der Waals surface area contributed by atoms with Gasteiger partial charge in [0, 0.05) is 12.7 Å². The quantitative estimate of drug-likeness (QED) is 0.779. The second-order valence-electron chi connectivity index (χ2n) is 3.52. The summed E-state index contributed by atoms with van der Waals surface area (Å²) in [5.41, 5.74) is 0.791. The fourth-order valence-electron chi connectivity index (χ4n) is 1.30. The number of urea groups is 1. The molecule has 6 nitrogen and oxygen atoms in total. The van der Waals surface area contributed by atoms with Gasteiger partial charge in [0.25, 0.3) is 0 Å². The zero-order chi connectivity index (χ0) is 12.8. The van der Waals surface area contributed by atoms with Crippen LogP contribution in [-0.2, 0) is 0 Å². The number of aromatic nitrogens is 2. The maximum atomic E-state index is 11.5. The number of amides is 2. The summed E-state index contributed by atoms with van der Waals surface area (Å²) >= 11 is 1.50. The molecular weight excluding hydrogens is 252 g/mol. The van der Waals surface area contributed by atoms with Crippen molar-refractivity contribution in [3.8, 4) is 0 Å². The first-order valence-corrected chi connectivity index (χ1v) is 6.22. The van der Waals surface area contributed by atoms with Crippen LogP contribution in [0.5, 0.6) is 0 Å². The smallest absolute Gasteiger partial charge is 0.320 e. The first kappa shape index (κ1) is 12.5. The molecule has 3 N–H and O–H groups in total. The molecule has 1 unspecified atom stereocenters. The van der Waals surface area contributed by atoms with Crippen molar-refractivity contribution in [2.75, 3.05) is 11.9 Å². The van der Waals surface area contributed by atoms with Crippen LogP contribution in [0.1, 0.15) is 11.7 Å². The predicted octanol–water partition coefficient (Wildman–Crippen LogP) is 1.39. The second-order valence-corrected chi connectivity index (χ2v) is 4.30. The van der Waals surface area contributed by atoms with Gasteiger partial charge in [0.15, 0.2) is 5.82 Å². The Balaban J connectivity index is 1.79. The van der Waals surface area contributed by atoms with Gasteiger partial charge in [-0.05, 0) is 34.5 Å². The number of carbonyl (C=O) groups excluding carboxylic acids is 1. The lowest BCUT2D eigenvalue weighted by Gasteiger charge is -2.10. The first-order valence-electron chi connectivity index (χ1n) is 5.28. The molecule has 0 saturated heterocycles. The first-order chi connectivity index (χ1) is 8.75. The van der Waals surface area contributed by atoms with Crippen molar-refractivity contribution in [3.63, 3.8) is 0 Å². The average Bonchev–Trinajstić information content (AvgIpc) is 2.91. The van der Waals surface area contributed by atoms with Crippen molar-refractivity contribution >= 4 is 23.2 Å². The summed E-state index contributed by atoms with van der Waals surface area (Å²) < 4.78 is 0. The Labute approximate surface area is 108 Å². The van der Waals surface area contributed by atoms with E-state index < -0.39 is 12.1 Å². The number of nitrogens with one attached hydrogen (secondary N) is 2. The zero-order valence-electron chi connectivity index (χ0n) is 9.41. The van der Waals surface area contributed by atoms with E-state index in [2.05, 4.69) is 20.8 Å². The molecular formula is C11H12N4O2S. The molecule has 0 aromatic carbocycles. The van der Waals surface area contributed by atoms with Crippen molar-refractivity contribution < 1.29 is 9.90 Å². The Kier molecular flexibility index (Phi) is 4.21. The monoisotopic (exact) mass is 264 g/mol. The van der Waals surface area contributed by atoms with E-state index in [1.165, 1.54) is 17.5 Å². The van der Waals surface area contributed by atoms with E-state index in [-0.39, 0.29) is 6.54 Å². The van der Waals surface area contributed by atoms with Gasteiger partial charge in [-0.2, -0.15) is 16.4 Å². The fourth-order valence-corrected chi connectivity index (χ4v) is 2.01. The van der Waals surface area contributed by atoms with Crippen molar-refractivity contribution in [2.45, 2.75) is 6.10 Å². The normalized spacial score (nSPS) is 11.8. The summed E-state index contributed by atoms with van der Waals surface area (Å²) in [4.78, 5) is 11.5. The molecule has 0 aliphatic carbocycles. The number of hydrogen-bond acceptors (Lipinski definition) is 5. The van der Waals surface area contributed by atoms with Gasteiger partial charge in [0.05, 0.1) is 6.10 Å². The topological polar surface area (TPSA) is 87.1 Å². The number of anilines is 1. The summed E-state index contributed by atoms with van der Waals surface area (Å²) in [6, 6.07) is 4.69. The number of aliphatic hydroxyl groups is 1. The van der Waals surface area contributed by atoms with Crippen LogP contribution in [0.2, 0.25) is 0 Å². The minimum absolute atomic E-state index is 0.142. The molecule has 0 fully saturated rings. The lowest BCUT2D eigenvalue weighted by Crippen LogP contribution is -2.32. The summed E-state index contributed by atoms with van der Waals surface area (Å²) in [6.07, 6.45) is 0.813. The highest BCUT2D eigenvalue weighted by atomic mass is 32.1. The molecule has 0 aliphatic rings. The van der Waals surface area contributed by atoms with Gasteiger partial charge in [-0.25, -0.2) is 4.79 Å². The van der Waals surface area contributed by atoms with E-state index >= 15 is 0 Å². The average molecular weight is 264 g/mol. The highest BCUT2D eigenvalue weighted by Crippen LogP contribution is 2.14. The minimum Gasteiger partial charge on any atom is -0.387 e. The molecule has 7 heteroatoms. The molecule has 0 aliphatic heterocycles. The summed E-state index contributed by atoms with van der Waals surface area (Å²) in [7, 11) is 0. The van der Waals surface area contributed by atoms with E-state index in [1.807, 2.05) is 16.8 Å². The van der Waals surface area contributed by atoms with Crippen molar-refractivity contribution in [1.29, 1.82) is 0 Å². The molecule has 18 heavy (non-hydrogen) atoms. The van der Waals surface area contributed by atoms with Crippen LogP contribution in [0, 0.1) is 0 Å². The molecule has 0 radical (unpaired) electrons. The Morgan fingerprint density at radius 3 is 3.06 bits per heavy atom. The summed E-state index contributed by atoms with van der Waals surface area (Å²) in [5.74, 6) is 0.361. The Morgan fingerprint density at radius 2 is 2.39 bits per heavy atom. The lowest BCUT2D eigenvalue weighted by atomic mass is 10.2. The van der Waals surface area contributed by atoms with Crippen molar-refractivity contribution in [2.24, 2.45) is 0 Å². The summed E-state index contributed by atoms with van der Waals surface area (Å²) in [5, 5.41) is 25.9. The van der Waals surface area contributed by atoms with E-state index in [4.69, 9.17) is 0 Å². The van der Waals surface area contributed by atoms with Gasteiger partial charge in [-0.15, -0.1) is 5.10 Å². The molecule has 0 saturated carbocycles. The molecule has 0 bridgehead atoms. The number of hydrogen-bond donors (Lipinski definition) is 3. The Hall–Kier alpha value is -1.99. The Morgan fingerprint density at radius 1 is 1.50 bits per heavy atom. The van der Waals surface area contributed by atoms with Crippen LogP contribution in [0.3, 0.4) is 0 Å². The molecule has 0 spiro atoms. The van der Waals surface area contributed by atoms with Crippen molar-refractivity contribution in [3.05, 3.63) is 40.7 Å². The van der Waals surface area contributed by atoms with Gasteiger partial charge in [-0.1, -0.05) is 0 Å². The van der Waals surface area contributed by atoms with E-state index in [9.17, 15) is 9.90 Å². The van der Waals surface area contributed by atoms with Gasteiger partial charge in [0.1, 0.15) is 0 Å². The second kappa shape index (κ2) is 6.08. The van der Waals surface area contributed by atoms with Crippen LogP contribution in [-0.4, -0.2) is 27.9 Å². The number of rotatable bonds is 4. The molecule has 2 aromatic heterocycles. The van der Waals surface area contributed by atoms with Gasteiger partial charge in [-0.3, -0.25) is 5.32 Å². The van der Waals surface area contributed by atoms with Crippen LogP contribution >= 0.6 is 11.3 Å². The number of carbonyl (C=O) groups is 1. The van der Waals surface area contributed by atoms with Crippen LogP contribution < -0.4 is 10.6 Å². The third-order valence-corrected chi connectivity index (χ3v) is 2.90. The van der Waals surface area contributed by atoms with E-state index in [0.717, 1.165) is 5.56 Å². The largest absolute Gasteiger partial charge is 0.387 e. The zero-order valence-corrected chi connectivity index (χ0v) is 10.2.